The Morgan fingerprint density at radius 2 is 1.62 bits per heavy atom. The van der Waals surface area contributed by atoms with Crippen molar-refractivity contribution in [2.24, 2.45) is 11.7 Å². The van der Waals surface area contributed by atoms with E-state index in [1.807, 2.05) is 13.8 Å². The van der Waals surface area contributed by atoms with Gasteiger partial charge in [-0.3, -0.25) is 0 Å². The van der Waals surface area contributed by atoms with E-state index < -0.39 is 10.0 Å². The van der Waals surface area contributed by atoms with E-state index in [0.29, 0.717) is 13.1 Å². The van der Waals surface area contributed by atoms with Crippen LogP contribution in [0.1, 0.15) is 39.5 Å². The number of nitrogens with zero attached hydrogens (tertiary/aromatic N) is 1. The maximum atomic E-state index is 12.1. The van der Waals surface area contributed by atoms with Crippen molar-refractivity contribution >= 4 is 10.0 Å². The second-order valence-corrected chi connectivity index (χ2v) is 7.01. The number of hydrogen-bond donors (Lipinski definition) is 1. The summed E-state index contributed by atoms with van der Waals surface area (Å²) in [6.07, 6.45) is 4.25. The molecule has 96 valence electrons. The Bertz CT molecular complexity index is 293. The molecule has 1 unspecified atom stereocenters. The van der Waals surface area contributed by atoms with Crippen LogP contribution in [0.3, 0.4) is 0 Å². The van der Waals surface area contributed by atoms with Gasteiger partial charge in [0.2, 0.25) is 10.0 Å². The molecule has 1 fully saturated rings. The summed E-state index contributed by atoms with van der Waals surface area (Å²) in [6.45, 7) is 5.27. The van der Waals surface area contributed by atoms with E-state index in [4.69, 9.17) is 5.73 Å². The van der Waals surface area contributed by atoms with Crippen molar-refractivity contribution in [2.75, 3.05) is 18.8 Å². The van der Waals surface area contributed by atoms with Crippen LogP contribution in [0.5, 0.6) is 0 Å². The normalized spacial score (nSPS) is 22.0. The Balaban J connectivity index is 2.61. The van der Waals surface area contributed by atoms with E-state index in [0.717, 1.165) is 25.7 Å². The van der Waals surface area contributed by atoms with Crippen LogP contribution in [0.15, 0.2) is 0 Å². The Kier molecular flexibility index (Phi) is 5.21. The molecule has 5 heteroatoms. The van der Waals surface area contributed by atoms with Gasteiger partial charge in [0.15, 0.2) is 0 Å². The van der Waals surface area contributed by atoms with Gasteiger partial charge < -0.3 is 5.73 Å². The highest BCUT2D eigenvalue weighted by molar-refractivity contribution is 7.89. The molecule has 4 nitrogen and oxygen atoms in total. The van der Waals surface area contributed by atoms with E-state index in [9.17, 15) is 8.42 Å². The molecule has 0 aromatic rings. The summed E-state index contributed by atoms with van der Waals surface area (Å²) < 4.78 is 25.8. The maximum Gasteiger partial charge on any atom is 0.215 e. The number of hydrogen-bond acceptors (Lipinski definition) is 3. The van der Waals surface area contributed by atoms with Crippen molar-refractivity contribution < 1.29 is 8.42 Å². The molecule has 0 aliphatic carbocycles. The van der Waals surface area contributed by atoms with Gasteiger partial charge in [-0.15, -0.1) is 0 Å². The standard InChI is InChI=1S/C11H24N2O2S/c1-10(2)11(12)9-16(14,15)13-7-5-3-4-6-8-13/h10-11H,3-9,12H2,1-2H3. The molecule has 1 aliphatic rings. The first kappa shape index (κ1) is 13.9. The summed E-state index contributed by atoms with van der Waals surface area (Å²) in [5.74, 6) is 0.298. The molecule has 1 atom stereocenters. The fourth-order valence-corrected chi connectivity index (χ4v) is 3.76. The summed E-state index contributed by atoms with van der Waals surface area (Å²) >= 11 is 0. The van der Waals surface area contributed by atoms with E-state index >= 15 is 0 Å². The maximum absolute atomic E-state index is 12.1. The highest BCUT2D eigenvalue weighted by Crippen LogP contribution is 2.15. The predicted molar refractivity (Wildman–Crippen MR) is 66.6 cm³/mol. The third-order valence-corrected chi connectivity index (χ3v) is 5.18. The first-order chi connectivity index (χ1) is 7.43. The van der Waals surface area contributed by atoms with Gasteiger partial charge in [-0.05, 0) is 18.8 Å². The topological polar surface area (TPSA) is 63.4 Å². The van der Waals surface area contributed by atoms with Gasteiger partial charge >= 0.3 is 0 Å². The van der Waals surface area contributed by atoms with Crippen molar-refractivity contribution in [1.82, 2.24) is 4.31 Å². The summed E-state index contributed by atoms with van der Waals surface area (Å²) in [5, 5.41) is 0. The lowest BCUT2D eigenvalue weighted by molar-refractivity contribution is 0.414. The zero-order valence-electron chi connectivity index (χ0n) is 10.4. The van der Waals surface area contributed by atoms with Gasteiger partial charge in [-0.25, -0.2) is 12.7 Å². The second-order valence-electron chi connectivity index (χ2n) is 5.00. The van der Waals surface area contributed by atoms with Crippen molar-refractivity contribution in [3.63, 3.8) is 0 Å². The molecular formula is C11H24N2O2S. The molecule has 1 heterocycles. The zero-order valence-corrected chi connectivity index (χ0v) is 11.2. The minimum absolute atomic E-state index is 0.0880. The molecule has 2 N–H and O–H groups in total. The quantitative estimate of drug-likeness (QED) is 0.812. The number of rotatable bonds is 4. The highest BCUT2D eigenvalue weighted by Gasteiger charge is 2.26. The van der Waals surface area contributed by atoms with Crippen molar-refractivity contribution in [1.29, 1.82) is 0 Å². The summed E-state index contributed by atoms with van der Waals surface area (Å²) in [4.78, 5) is 0. The molecule has 0 aromatic carbocycles. The van der Waals surface area contributed by atoms with Crippen molar-refractivity contribution in [3.05, 3.63) is 0 Å². The van der Waals surface area contributed by atoms with Crippen LogP contribution < -0.4 is 5.73 Å². The van der Waals surface area contributed by atoms with Crippen LogP contribution in [-0.4, -0.2) is 37.6 Å². The third kappa shape index (κ3) is 4.03. The van der Waals surface area contributed by atoms with E-state index in [2.05, 4.69) is 0 Å². The second kappa shape index (κ2) is 5.98. The van der Waals surface area contributed by atoms with Crippen LogP contribution in [0, 0.1) is 5.92 Å². The molecule has 1 saturated heterocycles. The minimum atomic E-state index is -3.14. The molecule has 1 rings (SSSR count). The number of nitrogens with two attached hydrogens (primary N) is 1. The predicted octanol–water partition coefficient (Wildman–Crippen LogP) is 1.18. The fourth-order valence-electron chi connectivity index (χ4n) is 1.86. The molecule has 0 aromatic heterocycles. The van der Waals surface area contributed by atoms with E-state index in [1.165, 1.54) is 0 Å². The summed E-state index contributed by atoms with van der Waals surface area (Å²) in [7, 11) is -3.14. The Morgan fingerprint density at radius 1 is 1.12 bits per heavy atom. The van der Waals surface area contributed by atoms with Crippen LogP contribution >= 0.6 is 0 Å². The summed E-state index contributed by atoms with van der Waals surface area (Å²) in [6, 6.07) is -0.256. The average Bonchev–Trinajstić information content (AvgIpc) is 2.45. The van der Waals surface area contributed by atoms with Gasteiger partial charge in [0.05, 0.1) is 5.75 Å². The van der Waals surface area contributed by atoms with Gasteiger partial charge in [-0.2, -0.15) is 0 Å². The average molecular weight is 248 g/mol. The van der Waals surface area contributed by atoms with Crippen molar-refractivity contribution in [3.8, 4) is 0 Å². The minimum Gasteiger partial charge on any atom is -0.326 e. The van der Waals surface area contributed by atoms with Crippen molar-refractivity contribution in [2.45, 2.75) is 45.6 Å². The largest absolute Gasteiger partial charge is 0.326 e. The fraction of sp³-hybridized carbons (Fsp3) is 1.00. The SMILES string of the molecule is CC(C)C(N)CS(=O)(=O)N1CCCCCC1. The lowest BCUT2D eigenvalue weighted by Crippen LogP contribution is -2.42. The third-order valence-electron chi connectivity index (χ3n) is 3.22. The molecule has 1 aliphatic heterocycles. The Morgan fingerprint density at radius 3 is 2.06 bits per heavy atom. The van der Waals surface area contributed by atoms with Crippen LogP contribution in [0.2, 0.25) is 0 Å². The molecule has 0 spiro atoms. The molecule has 0 radical (unpaired) electrons. The summed E-state index contributed by atoms with van der Waals surface area (Å²) in [5.41, 5.74) is 5.84. The van der Waals surface area contributed by atoms with Crippen LogP contribution in [-0.2, 0) is 10.0 Å². The first-order valence-electron chi connectivity index (χ1n) is 6.17. The molecular weight excluding hydrogens is 224 g/mol. The van der Waals surface area contributed by atoms with Crippen LogP contribution in [0.4, 0.5) is 0 Å². The van der Waals surface area contributed by atoms with Crippen LogP contribution in [0.25, 0.3) is 0 Å². The molecule has 0 bridgehead atoms. The molecule has 0 amide bonds. The highest BCUT2D eigenvalue weighted by atomic mass is 32.2. The number of sulfonamides is 1. The molecule has 0 saturated carbocycles. The van der Waals surface area contributed by atoms with Gasteiger partial charge in [-0.1, -0.05) is 26.7 Å². The Hall–Kier alpha value is -0.130. The first-order valence-corrected chi connectivity index (χ1v) is 7.78. The lowest BCUT2D eigenvalue weighted by Gasteiger charge is -2.23. The molecule has 16 heavy (non-hydrogen) atoms. The smallest absolute Gasteiger partial charge is 0.215 e. The van der Waals surface area contributed by atoms with Gasteiger partial charge in [0, 0.05) is 19.1 Å². The lowest BCUT2D eigenvalue weighted by atomic mass is 10.1. The Labute approximate surface area is 99.2 Å². The van der Waals surface area contributed by atoms with E-state index in [1.54, 1.807) is 4.31 Å². The van der Waals surface area contributed by atoms with Gasteiger partial charge in [0.1, 0.15) is 0 Å². The monoisotopic (exact) mass is 248 g/mol. The van der Waals surface area contributed by atoms with Gasteiger partial charge in [0.25, 0.3) is 0 Å². The zero-order chi connectivity index (χ0) is 12.2. The van der Waals surface area contributed by atoms with E-state index in [-0.39, 0.29) is 17.7 Å².